The van der Waals surface area contributed by atoms with Gasteiger partial charge in [-0.2, -0.15) is 4.31 Å². The quantitative estimate of drug-likeness (QED) is 0.738. The van der Waals surface area contributed by atoms with Gasteiger partial charge in [-0.05, 0) is 22.9 Å². The summed E-state index contributed by atoms with van der Waals surface area (Å²) in [7, 11) is -3.80. The molecule has 0 unspecified atom stereocenters. The van der Waals surface area contributed by atoms with Gasteiger partial charge in [0, 0.05) is 19.6 Å². The number of aliphatic hydroxyl groups is 1. The van der Waals surface area contributed by atoms with E-state index in [4.69, 9.17) is 0 Å². The zero-order valence-corrected chi connectivity index (χ0v) is 15.2. The number of piperazine rings is 2. The van der Waals surface area contributed by atoms with Crippen LogP contribution in [0.2, 0.25) is 0 Å². The molecule has 2 aliphatic rings. The Kier molecular flexibility index (Phi) is 4.37. The minimum absolute atomic E-state index is 0.100. The third kappa shape index (κ3) is 2.97. The van der Waals surface area contributed by atoms with Gasteiger partial charge in [-0.25, -0.2) is 8.42 Å². The third-order valence-corrected chi connectivity index (χ3v) is 6.95. The largest absolute Gasteiger partial charge is 0.394 e. The Balaban J connectivity index is 1.62. The van der Waals surface area contributed by atoms with Crippen molar-refractivity contribution >= 4 is 32.6 Å². The van der Waals surface area contributed by atoms with E-state index in [9.17, 15) is 23.1 Å². The summed E-state index contributed by atoms with van der Waals surface area (Å²) in [5.74, 6) is -0.836. The Bertz CT molecular complexity index is 1020. The van der Waals surface area contributed by atoms with E-state index in [1.807, 2.05) is 24.3 Å². The number of carbonyl (C=O) groups excluding carboxylic acids is 2. The fraction of sp³-hybridized carbons (Fsp3) is 0.333. The molecular weight excluding hydrogens is 370 g/mol. The van der Waals surface area contributed by atoms with Crippen molar-refractivity contribution in [2.24, 2.45) is 0 Å². The number of benzene rings is 2. The molecule has 2 atom stereocenters. The number of nitrogens with zero attached hydrogens (tertiary/aromatic N) is 2. The predicted octanol–water partition coefficient (Wildman–Crippen LogP) is -0.468. The SMILES string of the molecule is O=C1N[C@@H](CO)C(=O)N2CCN(S(=O)(=O)c3ccc4ccccc4c3)C[C@H]12. The van der Waals surface area contributed by atoms with Gasteiger partial charge in [-0.15, -0.1) is 0 Å². The van der Waals surface area contributed by atoms with E-state index in [2.05, 4.69) is 5.32 Å². The molecule has 27 heavy (non-hydrogen) atoms. The van der Waals surface area contributed by atoms with Crippen molar-refractivity contribution in [2.45, 2.75) is 17.0 Å². The summed E-state index contributed by atoms with van der Waals surface area (Å²) in [6.07, 6.45) is 0. The molecule has 9 heteroatoms. The average molecular weight is 389 g/mol. The highest BCUT2D eigenvalue weighted by molar-refractivity contribution is 7.89. The van der Waals surface area contributed by atoms with Gasteiger partial charge in [-0.1, -0.05) is 30.3 Å². The second-order valence-corrected chi connectivity index (χ2v) is 8.60. The van der Waals surface area contributed by atoms with E-state index in [0.29, 0.717) is 0 Å². The Labute approximate surface area is 156 Å². The van der Waals surface area contributed by atoms with Gasteiger partial charge in [0.15, 0.2) is 0 Å². The maximum atomic E-state index is 13.1. The van der Waals surface area contributed by atoms with E-state index < -0.39 is 34.6 Å². The highest BCUT2D eigenvalue weighted by Gasteiger charge is 2.45. The van der Waals surface area contributed by atoms with Crippen LogP contribution in [0.1, 0.15) is 0 Å². The summed E-state index contributed by atoms with van der Waals surface area (Å²) in [5.41, 5.74) is 0. The molecule has 2 amide bonds. The maximum Gasteiger partial charge on any atom is 0.248 e. The van der Waals surface area contributed by atoms with Crippen molar-refractivity contribution in [3.05, 3.63) is 42.5 Å². The van der Waals surface area contributed by atoms with Crippen LogP contribution in [0, 0.1) is 0 Å². The first kappa shape index (κ1) is 17.9. The van der Waals surface area contributed by atoms with Gasteiger partial charge in [0.25, 0.3) is 0 Å². The number of fused-ring (bicyclic) bond motifs is 2. The second-order valence-electron chi connectivity index (χ2n) is 6.66. The lowest BCUT2D eigenvalue weighted by atomic mass is 10.1. The number of carbonyl (C=O) groups is 2. The van der Waals surface area contributed by atoms with Gasteiger partial charge >= 0.3 is 0 Å². The lowest BCUT2D eigenvalue weighted by Crippen LogP contribution is -2.70. The summed E-state index contributed by atoms with van der Waals surface area (Å²) < 4.78 is 27.4. The molecule has 2 aliphatic heterocycles. The van der Waals surface area contributed by atoms with Crippen LogP contribution in [0.25, 0.3) is 10.8 Å². The summed E-state index contributed by atoms with van der Waals surface area (Å²) in [5, 5.41) is 13.4. The van der Waals surface area contributed by atoms with Crippen LogP contribution in [0.15, 0.2) is 47.4 Å². The minimum Gasteiger partial charge on any atom is -0.394 e. The Morgan fingerprint density at radius 2 is 1.81 bits per heavy atom. The van der Waals surface area contributed by atoms with Crippen molar-refractivity contribution in [3.63, 3.8) is 0 Å². The third-order valence-electron chi connectivity index (χ3n) is 5.08. The lowest BCUT2D eigenvalue weighted by Gasteiger charge is -2.44. The first-order chi connectivity index (χ1) is 12.9. The lowest BCUT2D eigenvalue weighted by molar-refractivity contribution is -0.152. The Hall–Kier alpha value is -2.49. The smallest absolute Gasteiger partial charge is 0.248 e. The normalized spacial score (nSPS) is 24.0. The molecule has 2 N–H and O–H groups in total. The number of amides is 2. The highest BCUT2D eigenvalue weighted by Crippen LogP contribution is 2.25. The molecular formula is C18H19N3O5S. The van der Waals surface area contributed by atoms with E-state index in [-0.39, 0.29) is 30.4 Å². The van der Waals surface area contributed by atoms with E-state index in [0.717, 1.165) is 10.8 Å². The molecule has 142 valence electrons. The van der Waals surface area contributed by atoms with Gasteiger partial charge < -0.3 is 15.3 Å². The predicted molar refractivity (Wildman–Crippen MR) is 97.2 cm³/mol. The number of hydrogen-bond acceptors (Lipinski definition) is 5. The average Bonchev–Trinajstić information content (AvgIpc) is 2.69. The molecule has 2 aromatic carbocycles. The number of rotatable bonds is 3. The topological polar surface area (TPSA) is 107 Å². The molecule has 0 bridgehead atoms. The fourth-order valence-corrected chi connectivity index (χ4v) is 5.07. The van der Waals surface area contributed by atoms with Crippen LogP contribution >= 0.6 is 0 Å². The number of aliphatic hydroxyl groups excluding tert-OH is 1. The number of nitrogens with one attached hydrogen (secondary N) is 1. The summed E-state index contributed by atoms with van der Waals surface area (Å²) in [4.78, 5) is 26.1. The Morgan fingerprint density at radius 1 is 1.07 bits per heavy atom. The zero-order chi connectivity index (χ0) is 19.2. The van der Waals surface area contributed by atoms with Crippen molar-refractivity contribution in [1.82, 2.24) is 14.5 Å². The van der Waals surface area contributed by atoms with E-state index >= 15 is 0 Å². The van der Waals surface area contributed by atoms with Crippen LogP contribution in [-0.4, -0.2) is 72.9 Å². The molecule has 0 aliphatic carbocycles. The molecule has 2 fully saturated rings. The van der Waals surface area contributed by atoms with Crippen molar-refractivity contribution in [1.29, 1.82) is 0 Å². The van der Waals surface area contributed by atoms with Gasteiger partial charge in [-0.3, -0.25) is 9.59 Å². The maximum absolute atomic E-state index is 13.1. The molecule has 2 saturated heterocycles. The van der Waals surface area contributed by atoms with Gasteiger partial charge in [0.1, 0.15) is 12.1 Å². The monoisotopic (exact) mass is 389 g/mol. The molecule has 8 nitrogen and oxygen atoms in total. The molecule has 0 spiro atoms. The van der Waals surface area contributed by atoms with Crippen molar-refractivity contribution in [2.75, 3.05) is 26.2 Å². The molecule has 0 radical (unpaired) electrons. The van der Waals surface area contributed by atoms with Crippen LogP contribution in [0.3, 0.4) is 0 Å². The minimum atomic E-state index is -3.80. The summed E-state index contributed by atoms with van der Waals surface area (Å²) >= 11 is 0. The first-order valence-corrected chi connectivity index (χ1v) is 10.1. The molecule has 2 aromatic rings. The first-order valence-electron chi connectivity index (χ1n) is 8.62. The highest BCUT2D eigenvalue weighted by atomic mass is 32.2. The molecule has 2 heterocycles. The van der Waals surface area contributed by atoms with Crippen molar-refractivity contribution in [3.8, 4) is 0 Å². The van der Waals surface area contributed by atoms with E-state index in [1.54, 1.807) is 18.2 Å². The zero-order valence-electron chi connectivity index (χ0n) is 14.4. The second kappa shape index (κ2) is 6.59. The molecule has 4 rings (SSSR count). The summed E-state index contributed by atoms with van der Waals surface area (Å²) in [6.45, 7) is -0.374. The molecule has 0 saturated carbocycles. The van der Waals surface area contributed by atoms with Crippen LogP contribution in [0.4, 0.5) is 0 Å². The fourth-order valence-electron chi connectivity index (χ4n) is 3.59. The number of hydrogen-bond donors (Lipinski definition) is 2. The van der Waals surface area contributed by atoms with Gasteiger partial charge in [0.2, 0.25) is 21.8 Å². The van der Waals surface area contributed by atoms with Crippen LogP contribution < -0.4 is 5.32 Å². The Morgan fingerprint density at radius 3 is 2.56 bits per heavy atom. The van der Waals surface area contributed by atoms with E-state index in [1.165, 1.54) is 9.21 Å². The van der Waals surface area contributed by atoms with Gasteiger partial charge in [0.05, 0.1) is 11.5 Å². The summed E-state index contributed by atoms with van der Waals surface area (Å²) in [6, 6.07) is 10.5. The standard InChI is InChI=1S/C18H19N3O5S/c22-11-15-18(24)21-8-7-20(10-16(21)17(23)19-15)27(25,26)14-6-5-12-3-1-2-4-13(12)9-14/h1-6,9,15-16,22H,7-8,10-11H2,(H,19,23)/t15-,16+/m0/s1. The van der Waals surface area contributed by atoms with Crippen LogP contribution in [-0.2, 0) is 19.6 Å². The van der Waals surface area contributed by atoms with Crippen LogP contribution in [0.5, 0.6) is 0 Å². The van der Waals surface area contributed by atoms with Crippen molar-refractivity contribution < 1.29 is 23.1 Å². The molecule has 0 aromatic heterocycles. The number of sulfonamides is 1.